The van der Waals surface area contributed by atoms with Crippen LogP contribution in [-0.4, -0.2) is 51.8 Å². The number of aromatic nitrogens is 2. The second-order valence-corrected chi connectivity index (χ2v) is 9.48. The average molecular weight is 511 g/mol. The lowest BCUT2D eigenvalue weighted by Gasteiger charge is -2.15. The first-order chi connectivity index (χ1) is 17.0. The molecule has 0 aliphatic carbocycles. The van der Waals surface area contributed by atoms with Gasteiger partial charge in [0.05, 0.1) is 24.7 Å². The van der Waals surface area contributed by atoms with Crippen molar-refractivity contribution in [3.8, 4) is 11.5 Å². The number of pyridine rings is 1. The van der Waals surface area contributed by atoms with Crippen LogP contribution in [0.2, 0.25) is 0 Å². The number of amides is 1. The third-order valence-corrected chi connectivity index (χ3v) is 6.91. The van der Waals surface area contributed by atoms with Gasteiger partial charge in [-0.3, -0.25) is 18.9 Å². The second kappa shape index (κ2) is 10.9. The number of thioether (sulfide) groups is 1. The van der Waals surface area contributed by atoms with Gasteiger partial charge in [-0.05, 0) is 48.7 Å². The Morgan fingerprint density at radius 2 is 1.94 bits per heavy atom. The maximum atomic E-state index is 13.2. The molecule has 0 bridgehead atoms. The summed E-state index contributed by atoms with van der Waals surface area (Å²) in [5, 5.41) is 3.22. The number of ether oxygens (including phenoxy) is 2. The third kappa shape index (κ3) is 5.18. The first-order valence-corrected chi connectivity index (χ1v) is 12.4. The van der Waals surface area contributed by atoms with Crippen molar-refractivity contribution in [3.63, 3.8) is 0 Å². The molecule has 1 aliphatic rings. The summed E-state index contributed by atoms with van der Waals surface area (Å²) in [6.07, 6.45) is 4.72. The summed E-state index contributed by atoms with van der Waals surface area (Å²) in [6.45, 7) is 3.10. The fourth-order valence-corrected chi connectivity index (χ4v) is 5.00. The van der Waals surface area contributed by atoms with Crippen molar-refractivity contribution in [2.45, 2.75) is 19.8 Å². The molecule has 1 N–H and O–H groups in total. The number of rotatable bonds is 9. The molecule has 8 nitrogen and oxygen atoms in total. The van der Waals surface area contributed by atoms with Gasteiger partial charge in [0, 0.05) is 19.3 Å². The van der Waals surface area contributed by atoms with E-state index in [4.69, 9.17) is 21.7 Å². The Balaban J connectivity index is 1.60. The molecule has 35 heavy (non-hydrogen) atoms. The molecule has 3 aromatic rings. The van der Waals surface area contributed by atoms with Gasteiger partial charge in [0.1, 0.15) is 15.8 Å². The Morgan fingerprint density at radius 1 is 1.14 bits per heavy atom. The van der Waals surface area contributed by atoms with Crippen LogP contribution in [-0.2, 0) is 11.2 Å². The highest BCUT2D eigenvalue weighted by Crippen LogP contribution is 2.34. The zero-order valence-electron chi connectivity index (χ0n) is 19.7. The van der Waals surface area contributed by atoms with Gasteiger partial charge in [-0.15, -0.1) is 0 Å². The number of nitrogens with zero attached hydrogens (tertiary/aromatic N) is 3. The third-order valence-electron chi connectivity index (χ3n) is 5.53. The number of thiocarbonyl (C=S) groups is 1. The number of hydrogen-bond donors (Lipinski definition) is 1. The number of benzene rings is 1. The number of methoxy groups -OCH3 is 2. The maximum absolute atomic E-state index is 13.2. The zero-order valence-corrected chi connectivity index (χ0v) is 21.4. The van der Waals surface area contributed by atoms with Crippen molar-refractivity contribution in [2.24, 2.45) is 0 Å². The fraction of sp³-hybridized carbons (Fsp3) is 0.280. The molecule has 1 amide bonds. The summed E-state index contributed by atoms with van der Waals surface area (Å²) in [5.41, 5.74) is 1.62. The molecule has 0 atom stereocenters. The van der Waals surface area contributed by atoms with E-state index in [0.29, 0.717) is 57.3 Å². The standard InChI is InChI=1S/C25H26N4O4S2/c1-4-11-26-22-17(23(30)28-12-6-5-7-21(28)27-22)15-20-24(31)29(25(34)35-20)13-10-16-8-9-18(32-2)19(14-16)33-3/h5-9,12,14-15,26H,4,10-11,13H2,1-3H3. The lowest BCUT2D eigenvalue weighted by Crippen LogP contribution is -2.30. The second-order valence-electron chi connectivity index (χ2n) is 7.81. The van der Waals surface area contributed by atoms with Crippen LogP contribution in [0.15, 0.2) is 52.3 Å². The molecule has 1 aliphatic heterocycles. The molecule has 0 saturated carbocycles. The summed E-state index contributed by atoms with van der Waals surface area (Å²) in [7, 11) is 3.17. The molecule has 4 rings (SSSR count). The number of hydrogen-bond acceptors (Lipinski definition) is 8. The highest BCUT2D eigenvalue weighted by atomic mass is 32.2. The van der Waals surface area contributed by atoms with Crippen molar-refractivity contribution in [3.05, 3.63) is 69.0 Å². The highest BCUT2D eigenvalue weighted by molar-refractivity contribution is 8.26. The van der Waals surface area contributed by atoms with Gasteiger partial charge in [0.25, 0.3) is 11.5 Å². The largest absolute Gasteiger partial charge is 0.493 e. The lowest BCUT2D eigenvalue weighted by molar-refractivity contribution is -0.122. The van der Waals surface area contributed by atoms with Crippen LogP contribution in [0.3, 0.4) is 0 Å². The Labute approximate surface area is 212 Å². The lowest BCUT2D eigenvalue weighted by atomic mass is 10.1. The Hall–Kier alpha value is -3.37. The van der Waals surface area contributed by atoms with E-state index in [1.807, 2.05) is 31.2 Å². The van der Waals surface area contributed by atoms with Crippen molar-refractivity contribution >= 4 is 51.7 Å². The van der Waals surface area contributed by atoms with Gasteiger partial charge in [0.2, 0.25) is 0 Å². The van der Waals surface area contributed by atoms with E-state index >= 15 is 0 Å². The number of nitrogens with one attached hydrogen (secondary N) is 1. The first kappa shape index (κ1) is 24.7. The van der Waals surface area contributed by atoms with Crippen LogP contribution in [0.5, 0.6) is 11.5 Å². The van der Waals surface area contributed by atoms with E-state index < -0.39 is 0 Å². The molecule has 0 spiro atoms. The van der Waals surface area contributed by atoms with Crippen molar-refractivity contribution < 1.29 is 14.3 Å². The fourth-order valence-electron chi connectivity index (χ4n) is 3.71. The van der Waals surface area contributed by atoms with Crippen LogP contribution < -0.4 is 20.3 Å². The number of fused-ring (bicyclic) bond motifs is 1. The van der Waals surface area contributed by atoms with Crippen molar-refractivity contribution in [1.29, 1.82) is 0 Å². The summed E-state index contributed by atoms with van der Waals surface area (Å²) < 4.78 is 12.6. The maximum Gasteiger partial charge on any atom is 0.267 e. The zero-order chi connectivity index (χ0) is 24.9. The average Bonchev–Trinajstić information content (AvgIpc) is 3.14. The van der Waals surface area contributed by atoms with Crippen molar-refractivity contribution in [2.75, 3.05) is 32.6 Å². The number of carbonyl (C=O) groups is 1. The monoisotopic (exact) mass is 510 g/mol. The summed E-state index contributed by atoms with van der Waals surface area (Å²) >= 11 is 6.69. The normalized spacial score (nSPS) is 14.7. The van der Waals surface area contributed by atoms with E-state index in [9.17, 15) is 9.59 Å². The predicted octanol–water partition coefficient (Wildman–Crippen LogP) is 3.98. The van der Waals surface area contributed by atoms with Crippen LogP contribution in [0, 0.1) is 0 Å². The molecule has 1 aromatic carbocycles. The first-order valence-electron chi connectivity index (χ1n) is 11.2. The Bertz CT molecular complexity index is 1370. The van der Waals surface area contributed by atoms with Crippen LogP contribution in [0.25, 0.3) is 11.7 Å². The van der Waals surface area contributed by atoms with Gasteiger partial charge in [-0.25, -0.2) is 4.98 Å². The van der Waals surface area contributed by atoms with E-state index in [-0.39, 0.29) is 11.5 Å². The topological polar surface area (TPSA) is 85.2 Å². The van der Waals surface area contributed by atoms with Crippen molar-refractivity contribution in [1.82, 2.24) is 14.3 Å². The summed E-state index contributed by atoms with van der Waals surface area (Å²) in [6, 6.07) is 11.0. The summed E-state index contributed by atoms with van der Waals surface area (Å²) in [5.74, 6) is 1.51. The minimum atomic E-state index is -0.246. The highest BCUT2D eigenvalue weighted by Gasteiger charge is 2.32. The molecule has 1 saturated heterocycles. The van der Waals surface area contributed by atoms with Gasteiger partial charge in [0.15, 0.2) is 11.5 Å². The minimum Gasteiger partial charge on any atom is -0.493 e. The van der Waals surface area contributed by atoms with Gasteiger partial charge < -0.3 is 14.8 Å². The van der Waals surface area contributed by atoms with Crippen LogP contribution in [0.4, 0.5) is 5.82 Å². The molecule has 0 radical (unpaired) electrons. The molecule has 3 heterocycles. The summed E-state index contributed by atoms with van der Waals surface area (Å²) in [4.78, 5) is 33.0. The smallest absolute Gasteiger partial charge is 0.267 e. The molecule has 10 heteroatoms. The van der Waals surface area contributed by atoms with E-state index in [0.717, 1.165) is 12.0 Å². The van der Waals surface area contributed by atoms with E-state index in [2.05, 4.69) is 10.3 Å². The molecule has 182 valence electrons. The Kier molecular flexibility index (Phi) is 7.72. The van der Waals surface area contributed by atoms with Gasteiger partial charge in [-0.2, -0.15) is 0 Å². The van der Waals surface area contributed by atoms with E-state index in [1.165, 1.54) is 16.2 Å². The molecular weight excluding hydrogens is 484 g/mol. The number of anilines is 1. The van der Waals surface area contributed by atoms with Gasteiger partial charge in [-0.1, -0.05) is 43.0 Å². The molecule has 1 fully saturated rings. The van der Waals surface area contributed by atoms with Gasteiger partial charge >= 0.3 is 0 Å². The van der Waals surface area contributed by atoms with Crippen LogP contribution >= 0.6 is 24.0 Å². The quantitative estimate of drug-likeness (QED) is 0.342. The van der Waals surface area contributed by atoms with E-state index in [1.54, 1.807) is 43.5 Å². The minimum absolute atomic E-state index is 0.223. The number of carbonyl (C=O) groups excluding carboxylic acids is 1. The molecular formula is C25H26N4O4S2. The molecule has 0 unspecified atom stereocenters. The predicted molar refractivity (Wildman–Crippen MR) is 143 cm³/mol. The SMILES string of the molecule is CCCNc1nc2ccccn2c(=O)c1C=C1SC(=S)N(CCc2ccc(OC)c(OC)c2)C1=O. The molecule has 2 aromatic heterocycles. The Morgan fingerprint density at radius 3 is 2.69 bits per heavy atom. The van der Waals surface area contributed by atoms with Crippen LogP contribution in [0.1, 0.15) is 24.5 Å².